The molecule has 0 N–H and O–H groups in total. The molecule has 0 atom stereocenters. The quantitative estimate of drug-likeness (QED) is 0.471. The number of carbonyl (C=O) groups excluding carboxylic acids is 1. The molecule has 0 heterocycles. The molecule has 0 aliphatic rings. The summed E-state index contributed by atoms with van der Waals surface area (Å²) in [4.78, 5) is 9.02. The summed E-state index contributed by atoms with van der Waals surface area (Å²) in [5.41, 5.74) is 0. The first-order chi connectivity index (χ1) is 4.18. The summed E-state index contributed by atoms with van der Waals surface area (Å²) in [5, 5.41) is 9.02. The van der Waals surface area contributed by atoms with E-state index in [1.807, 2.05) is 0 Å². The van der Waals surface area contributed by atoms with Crippen LogP contribution in [0.3, 0.4) is 0 Å². The van der Waals surface area contributed by atoms with E-state index < -0.39 is 5.97 Å². The Morgan fingerprint density at radius 3 is 1.78 bits per heavy atom. The molecule has 0 aliphatic heterocycles. The fraction of sp³-hybridized carbons (Fsp3) is 0.571. The lowest BCUT2D eigenvalue weighted by molar-refractivity contribution is -0.295. The molecular weight excluding hydrogens is 116 g/mol. The normalized spacial score (nSPS) is 6.33. The van der Waals surface area contributed by atoms with E-state index in [2.05, 4.69) is 20.3 Å². The van der Waals surface area contributed by atoms with Gasteiger partial charge in [-0.1, -0.05) is 32.6 Å². The summed E-state index contributed by atoms with van der Waals surface area (Å²) in [6.45, 7) is 4.36. The average Bonchev–Trinajstić information content (AvgIpc) is 1.89. The molecule has 0 radical (unpaired) electrons. The lowest BCUT2D eigenvalue weighted by atomic mass is 10.4. The van der Waals surface area contributed by atoms with Crippen LogP contribution in [0, 0.1) is 12.3 Å². The molecular formula is C7H11O2-. The number of carboxylic acids is 1. The van der Waals surface area contributed by atoms with Crippen molar-refractivity contribution < 1.29 is 9.90 Å². The van der Waals surface area contributed by atoms with Gasteiger partial charge in [0.1, 0.15) is 5.97 Å². The van der Waals surface area contributed by atoms with Crippen molar-refractivity contribution in [1.29, 1.82) is 0 Å². The summed E-state index contributed by atoms with van der Waals surface area (Å²) in [6.07, 6.45) is 6.90. The second-order valence-corrected chi connectivity index (χ2v) is 1.43. The largest absolute Gasteiger partial charge is 0.537 e. The van der Waals surface area contributed by atoms with E-state index >= 15 is 0 Å². The summed E-state index contributed by atoms with van der Waals surface area (Å²) in [6, 6.07) is 0. The van der Waals surface area contributed by atoms with Crippen LogP contribution in [-0.2, 0) is 4.79 Å². The highest BCUT2D eigenvalue weighted by Crippen LogP contribution is 1.76. The maximum absolute atomic E-state index is 9.02. The van der Waals surface area contributed by atoms with Gasteiger partial charge in [-0.15, -0.1) is 6.42 Å². The van der Waals surface area contributed by atoms with Gasteiger partial charge in [0.05, 0.1) is 0 Å². The van der Waals surface area contributed by atoms with Crippen LogP contribution >= 0.6 is 0 Å². The van der Waals surface area contributed by atoms with Gasteiger partial charge in [-0.3, -0.25) is 0 Å². The Morgan fingerprint density at radius 2 is 1.78 bits per heavy atom. The number of aliphatic carboxylic acids is 1. The van der Waals surface area contributed by atoms with Gasteiger partial charge in [0.25, 0.3) is 0 Å². The molecule has 0 amide bonds. The zero-order valence-electron chi connectivity index (χ0n) is 5.81. The molecule has 0 saturated carbocycles. The van der Waals surface area contributed by atoms with Crippen LogP contribution in [0.15, 0.2) is 0 Å². The van der Waals surface area contributed by atoms with E-state index in [0.29, 0.717) is 0 Å². The van der Waals surface area contributed by atoms with E-state index in [0.717, 1.165) is 0 Å². The molecule has 0 bridgehead atoms. The van der Waals surface area contributed by atoms with Gasteiger partial charge in [-0.05, 0) is 0 Å². The minimum atomic E-state index is -1.47. The smallest absolute Gasteiger partial charge is 0.116 e. The Hall–Kier alpha value is -0.970. The maximum atomic E-state index is 9.02. The zero-order valence-corrected chi connectivity index (χ0v) is 5.81. The molecule has 0 aromatic rings. The van der Waals surface area contributed by atoms with Crippen molar-refractivity contribution in [3.05, 3.63) is 0 Å². The van der Waals surface area contributed by atoms with E-state index in [4.69, 9.17) is 9.90 Å². The van der Waals surface area contributed by atoms with Crippen LogP contribution in [0.1, 0.15) is 26.7 Å². The fourth-order valence-electron chi connectivity index (χ4n) is 0. The average molecular weight is 127 g/mol. The Balaban J connectivity index is 0. The molecule has 2 heteroatoms. The Bertz CT molecular complexity index is 98.0. The second-order valence-electron chi connectivity index (χ2n) is 1.43. The van der Waals surface area contributed by atoms with E-state index in [-0.39, 0.29) is 0 Å². The number of carbonyl (C=O) groups is 1. The molecule has 0 spiro atoms. The number of rotatable bonds is 1. The third-order valence-corrected chi connectivity index (χ3v) is 0.618. The number of hydrogen-bond acceptors (Lipinski definition) is 2. The van der Waals surface area contributed by atoms with Crippen molar-refractivity contribution in [3.63, 3.8) is 0 Å². The molecule has 9 heavy (non-hydrogen) atoms. The SMILES string of the molecule is C#CC(=O)[O-].CCCC. The Morgan fingerprint density at radius 1 is 1.56 bits per heavy atom. The highest BCUT2D eigenvalue weighted by molar-refractivity contribution is 5.83. The lowest BCUT2D eigenvalue weighted by Gasteiger charge is -1.77. The highest BCUT2D eigenvalue weighted by atomic mass is 16.4. The number of unbranched alkanes of at least 4 members (excludes halogenated alkanes) is 1. The monoisotopic (exact) mass is 127 g/mol. The van der Waals surface area contributed by atoms with Gasteiger partial charge in [-0.25, -0.2) is 0 Å². The standard InChI is InChI=1S/C4H10.C3H2O2/c1-3-4-2;1-2-3(4)5/h3-4H2,1-2H3;1H,(H,4,5)/p-1. The molecule has 0 rings (SSSR count). The first-order valence-electron chi connectivity index (χ1n) is 2.86. The summed E-state index contributed by atoms with van der Waals surface area (Å²) in [7, 11) is 0. The van der Waals surface area contributed by atoms with Crippen molar-refractivity contribution >= 4 is 5.97 Å². The van der Waals surface area contributed by atoms with E-state index in [9.17, 15) is 0 Å². The molecule has 2 nitrogen and oxygen atoms in total. The van der Waals surface area contributed by atoms with E-state index in [1.165, 1.54) is 18.8 Å². The molecule has 0 aromatic carbocycles. The van der Waals surface area contributed by atoms with E-state index in [1.54, 1.807) is 0 Å². The summed E-state index contributed by atoms with van der Waals surface area (Å²) < 4.78 is 0. The third kappa shape index (κ3) is 43.2. The van der Waals surface area contributed by atoms with Crippen molar-refractivity contribution in [1.82, 2.24) is 0 Å². The zero-order chi connectivity index (χ0) is 7.70. The Kier molecular flexibility index (Phi) is 12.3. The van der Waals surface area contributed by atoms with Gasteiger partial charge in [0.2, 0.25) is 0 Å². The minimum Gasteiger partial charge on any atom is -0.537 e. The van der Waals surface area contributed by atoms with Crippen molar-refractivity contribution in [2.24, 2.45) is 0 Å². The maximum Gasteiger partial charge on any atom is 0.116 e. The van der Waals surface area contributed by atoms with Crippen LogP contribution in [0.2, 0.25) is 0 Å². The molecule has 0 unspecified atom stereocenters. The molecule has 0 saturated heterocycles. The first-order valence-corrected chi connectivity index (χ1v) is 2.86. The molecule has 52 valence electrons. The number of hydrogen-bond donors (Lipinski definition) is 0. The second kappa shape index (κ2) is 10.1. The van der Waals surface area contributed by atoms with Crippen LogP contribution in [0.4, 0.5) is 0 Å². The topological polar surface area (TPSA) is 40.1 Å². The molecule has 0 aliphatic carbocycles. The first kappa shape index (κ1) is 10.9. The summed E-state index contributed by atoms with van der Waals surface area (Å²) in [5.74, 6) is -0.134. The predicted octanol–water partition coefficient (Wildman–Crippen LogP) is 0.176. The lowest BCUT2D eigenvalue weighted by Crippen LogP contribution is -2.18. The number of carboxylic acid groups (broad SMARTS) is 1. The van der Waals surface area contributed by atoms with Crippen LogP contribution in [0.25, 0.3) is 0 Å². The summed E-state index contributed by atoms with van der Waals surface area (Å²) >= 11 is 0. The van der Waals surface area contributed by atoms with Gasteiger partial charge >= 0.3 is 0 Å². The van der Waals surface area contributed by atoms with Crippen LogP contribution < -0.4 is 5.11 Å². The van der Waals surface area contributed by atoms with Gasteiger partial charge in [0, 0.05) is 0 Å². The molecule has 0 aromatic heterocycles. The van der Waals surface area contributed by atoms with Crippen molar-refractivity contribution in [3.8, 4) is 12.3 Å². The predicted molar refractivity (Wildman–Crippen MR) is 34.4 cm³/mol. The Labute approximate surface area is 55.9 Å². The minimum absolute atomic E-state index is 1.32. The molecule has 0 fully saturated rings. The van der Waals surface area contributed by atoms with Gasteiger partial charge < -0.3 is 9.90 Å². The highest BCUT2D eigenvalue weighted by Gasteiger charge is 1.56. The van der Waals surface area contributed by atoms with Crippen molar-refractivity contribution in [2.45, 2.75) is 26.7 Å². The van der Waals surface area contributed by atoms with Crippen LogP contribution in [0.5, 0.6) is 0 Å². The van der Waals surface area contributed by atoms with Gasteiger partial charge in [-0.2, -0.15) is 0 Å². The third-order valence-electron chi connectivity index (χ3n) is 0.618. The van der Waals surface area contributed by atoms with Crippen LogP contribution in [-0.4, -0.2) is 5.97 Å². The van der Waals surface area contributed by atoms with Gasteiger partial charge in [0.15, 0.2) is 0 Å². The van der Waals surface area contributed by atoms with Crippen molar-refractivity contribution in [2.75, 3.05) is 0 Å². The number of terminal acetylenes is 1. The fourth-order valence-corrected chi connectivity index (χ4v) is 0.